The molecule has 0 saturated carbocycles. The van der Waals surface area contributed by atoms with Gasteiger partial charge in [-0.15, -0.1) is 0 Å². The third-order valence-corrected chi connectivity index (χ3v) is 2.78. The van der Waals surface area contributed by atoms with E-state index in [0.717, 1.165) is 11.1 Å². The summed E-state index contributed by atoms with van der Waals surface area (Å²) < 4.78 is 1.66. The van der Waals surface area contributed by atoms with Crippen molar-refractivity contribution in [3.05, 3.63) is 60.4 Å². The van der Waals surface area contributed by atoms with Crippen LogP contribution in [0.5, 0.6) is 0 Å². The van der Waals surface area contributed by atoms with Crippen LogP contribution in [0.15, 0.2) is 49.3 Å². The van der Waals surface area contributed by atoms with Crippen LogP contribution in [-0.2, 0) is 6.54 Å². The minimum atomic E-state index is -0.0571. The van der Waals surface area contributed by atoms with E-state index < -0.39 is 0 Å². The minimum absolute atomic E-state index is 0.0571. The Morgan fingerprint density at radius 2 is 2.17 bits per heavy atom. The molecule has 94 valence electrons. The summed E-state index contributed by atoms with van der Waals surface area (Å²) in [6.07, 6.45) is 5.33. The number of aliphatic hydroxyl groups is 1. The molecular weight excluding hydrogens is 226 g/mol. The van der Waals surface area contributed by atoms with E-state index in [1.54, 1.807) is 17.1 Å². The Kier molecular flexibility index (Phi) is 4.28. The van der Waals surface area contributed by atoms with E-state index >= 15 is 0 Å². The second-order valence-corrected chi connectivity index (χ2v) is 4.04. The lowest BCUT2D eigenvalue weighted by Crippen LogP contribution is -2.23. The summed E-state index contributed by atoms with van der Waals surface area (Å²) in [5, 5.41) is 16.8. The largest absolute Gasteiger partial charge is 0.394 e. The van der Waals surface area contributed by atoms with Crippen molar-refractivity contribution in [3.8, 4) is 0 Å². The zero-order chi connectivity index (χ0) is 12.8. The molecule has 0 amide bonds. The molecule has 0 aliphatic carbocycles. The van der Waals surface area contributed by atoms with Gasteiger partial charge in [0, 0.05) is 24.5 Å². The van der Waals surface area contributed by atoms with Gasteiger partial charge in [-0.3, -0.25) is 0 Å². The van der Waals surface area contributed by atoms with Gasteiger partial charge in [0.15, 0.2) is 0 Å². The number of rotatable bonds is 6. The monoisotopic (exact) mass is 243 g/mol. The molecule has 1 atom stereocenters. The molecule has 0 saturated heterocycles. The van der Waals surface area contributed by atoms with E-state index in [-0.39, 0.29) is 12.6 Å². The van der Waals surface area contributed by atoms with Crippen molar-refractivity contribution in [1.29, 1.82) is 0 Å². The Bertz CT molecular complexity index is 493. The van der Waals surface area contributed by atoms with Gasteiger partial charge in [0.1, 0.15) is 0 Å². The van der Waals surface area contributed by atoms with E-state index in [2.05, 4.69) is 17.0 Å². The summed E-state index contributed by atoms with van der Waals surface area (Å²) >= 11 is 0. The first-order valence-corrected chi connectivity index (χ1v) is 5.88. The molecule has 2 aromatic rings. The second-order valence-electron chi connectivity index (χ2n) is 4.04. The van der Waals surface area contributed by atoms with Gasteiger partial charge in [-0.05, 0) is 5.56 Å². The van der Waals surface area contributed by atoms with Gasteiger partial charge in [-0.2, -0.15) is 5.10 Å². The molecular formula is C14H17N3O. The summed E-state index contributed by atoms with van der Waals surface area (Å²) in [4.78, 5) is 0. The summed E-state index contributed by atoms with van der Waals surface area (Å²) in [5.41, 5.74) is 2.14. The van der Waals surface area contributed by atoms with Crippen molar-refractivity contribution in [2.45, 2.75) is 12.6 Å². The summed E-state index contributed by atoms with van der Waals surface area (Å²) in [7, 11) is 0. The number of hydrogen-bond acceptors (Lipinski definition) is 3. The minimum Gasteiger partial charge on any atom is -0.394 e. The van der Waals surface area contributed by atoms with E-state index in [1.165, 1.54) is 0 Å². The number of aromatic nitrogens is 2. The first-order valence-electron chi connectivity index (χ1n) is 5.88. The third kappa shape index (κ3) is 3.06. The van der Waals surface area contributed by atoms with Crippen LogP contribution in [0.25, 0.3) is 6.20 Å². The maximum atomic E-state index is 9.41. The molecule has 0 spiro atoms. The fraction of sp³-hybridized carbons (Fsp3) is 0.214. The van der Waals surface area contributed by atoms with Crippen molar-refractivity contribution in [1.82, 2.24) is 15.1 Å². The van der Waals surface area contributed by atoms with Gasteiger partial charge in [0.25, 0.3) is 0 Å². The molecule has 2 N–H and O–H groups in total. The van der Waals surface area contributed by atoms with Gasteiger partial charge in [-0.1, -0.05) is 36.9 Å². The predicted octanol–water partition coefficient (Wildman–Crippen LogP) is 1.81. The molecule has 0 fully saturated rings. The molecule has 1 aromatic carbocycles. The van der Waals surface area contributed by atoms with Crippen LogP contribution in [0.4, 0.5) is 0 Å². The maximum Gasteiger partial charge on any atom is 0.0626 e. The smallest absolute Gasteiger partial charge is 0.0626 e. The standard InChI is InChI=1S/C14H17N3O/c1-2-17-10-12(9-16-17)8-15-14(11-18)13-6-4-3-5-7-13/h2-7,9-10,14-15,18H,1,8,11H2/t14-/m1/s1. The molecule has 0 radical (unpaired) electrons. The highest BCUT2D eigenvalue weighted by atomic mass is 16.3. The number of hydrogen-bond donors (Lipinski definition) is 2. The van der Waals surface area contributed by atoms with E-state index in [1.807, 2.05) is 36.5 Å². The summed E-state index contributed by atoms with van der Waals surface area (Å²) in [6.45, 7) is 4.37. The van der Waals surface area contributed by atoms with E-state index in [4.69, 9.17) is 0 Å². The summed E-state index contributed by atoms with van der Waals surface area (Å²) in [6, 6.07) is 9.84. The Labute approximate surface area is 107 Å². The number of benzene rings is 1. The molecule has 1 aromatic heterocycles. The van der Waals surface area contributed by atoms with Crippen LogP contribution < -0.4 is 5.32 Å². The highest BCUT2D eigenvalue weighted by Gasteiger charge is 2.09. The highest BCUT2D eigenvalue weighted by molar-refractivity contribution is 5.20. The zero-order valence-corrected chi connectivity index (χ0v) is 10.2. The number of nitrogens with one attached hydrogen (secondary N) is 1. The molecule has 4 heteroatoms. The van der Waals surface area contributed by atoms with Crippen LogP contribution >= 0.6 is 0 Å². The first kappa shape index (κ1) is 12.5. The summed E-state index contributed by atoms with van der Waals surface area (Å²) in [5.74, 6) is 0. The number of aliphatic hydroxyl groups excluding tert-OH is 1. The second kappa shape index (κ2) is 6.14. The molecule has 0 aliphatic heterocycles. The Hall–Kier alpha value is -1.91. The number of nitrogens with zero attached hydrogens (tertiary/aromatic N) is 2. The van der Waals surface area contributed by atoms with Crippen molar-refractivity contribution in [2.75, 3.05) is 6.61 Å². The fourth-order valence-corrected chi connectivity index (χ4v) is 1.78. The predicted molar refractivity (Wildman–Crippen MR) is 71.7 cm³/mol. The van der Waals surface area contributed by atoms with Gasteiger partial charge in [0.2, 0.25) is 0 Å². The third-order valence-electron chi connectivity index (χ3n) is 2.78. The van der Waals surface area contributed by atoms with Crippen molar-refractivity contribution < 1.29 is 5.11 Å². The molecule has 18 heavy (non-hydrogen) atoms. The Balaban J connectivity index is 1.97. The topological polar surface area (TPSA) is 50.1 Å². The first-order chi connectivity index (χ1) is 8.83. The highest BCUT2D eigenvalue weighted by Crippen LogP contribution is 2.12. The van der Waals surface area contributed by atoms with Gasteiger partial charge < -0.3 is 10.4 Å². The van der Waals surface area contributed by atoms with Crippen LogP contribution in [-0.4, -0.2) is 21.5 Å². The molecule has 0 unspecified atom stereocenters. The van der Waals surface area contributed by atoms with Crippen LogP contribution in [0.2, 0.25) is 0 Å². The van der Waals surface area contributed by atoms with Gasteiger partial charge in [0.05, 0.1) is 18.8 Å². The van der Waals surface area contributed by atoms with Crippen LogP contribution in [0.1, 0.15) is 17.2 Å². The Morgan fingerprint density at radius 1 is 1.39 bits per heavy atom. The maximum absolute atomic E-state index is 9.41. The van der Waals surface area contributed by atoms with Crippen molar-refractivity contribution >= 4 is 6.20 Å². The molecule has 4 nitrogen and oxygen atoms in total. The quantitative estimate of drug-likeness (QED) is 0.813. The zero-order valence-electron chi connectivity index (χ0n) is 10.2. The van der Waals surface area contributed by atoms with E-state index in [9.17, 15) is 5.11 Å². The molecule has 1 heterocycles. The SMILES string of the molecule is C=Cn1cc(CN[C@H](CO)c2ccccc2)cn1. The lowest BCUT2D eigenvalue weighted by atomic mass is 10.1. The van der Waals surface area contributed by atoms with E-state index in [0.29, 0.717) is 6.54 Å². The van der Waals surface area contributed by atoms with Gasteiger partial charge >= 0.3 is 0 Å². The molecule has 2 rings (SSSR count). The lowest BCUT2D eigenvalue weighted by Gasteiger charge is -2.15. The average molecular weight is 243 g/mol. The fourth-order valence-electron chi connectivity index (χ4n) is 1.78. The Morgan fingerprint density at radius 3 is 2.78 bits per heavy atom. The molecule has 0 aliphatic rings. The van der Waals surface area contributed by atoms with Crippen molar-refractivity contribution in [3.63, 3.8) is 0 Å². The van der Waals surface area contributed by atoms with Crippen molar-refractivity contribution in [2.24, 2.45) is 0 Å². The normalized spacial score (nSPS) is 12.3. The lowest BCUT2D eigenvalue weighted by molar-refractivity contribution is 0.243. The average Bonchev–Trinajstić information content (AvgIpc) is 2.89. The van der Waals surface area contributed by atoms with Gasteiger partial charge in [-0.25, -0.2) is 4.68 Å². The van der Waals surface area contributed by atoms with Crippen LogP contribution in [0.3, 0.4) is 0 Å². The molecule has 0 bridgehead atoms. The van der Waals surface area contributed by atoms with Crippen LogP contribution in [0, 0.1) is 0 Å².